The maximum atomic E-state index is 12.7. The minimum atomic E-state index is -0.498. The molecule has 1 atom stereocenters. The van der Waals surface area contributed by atoms with E-state index >= 15 is 0 Å². The molecule has 0 saturated carbocycles. The van der Waals surface area contributed by atoms with Crippen LogP contribution in [0, 0.1) is 0 Å². The fraction of sp³-hybridized carbons (Fsp3) is 0.286. The summed E-state index contributed by atoms with van der Waals surface area (Å²) in [6.07, 6.45) is 2.37. The monoisotopic (exact) mass is 433 g/mol. The van der Waals surface area contributed by atoms with Crippen LogP contribution in [-0.2, 0) is 11.2 Å². The maximum Gasteiger partial charge on any atom is 0.239 e. The van der Waals surface area contributed by atoms with E-state index in [1.165, 1.54) is 0 Å². The van der Waals surface area contributed by atoms with Crippen molar-refractivity contribution in [3.63, 3.8) is 0 Å². The van der Waals surface area contributed by atoms with Gasteiger partial charge in [0, 0.05) is 31.6 Å². The number of aromatic nitrogens is 2. The third-order valence-electron chi connectivity index (χ3n) is 5.07. The fourth-order valence-electron chi connectivity index (χ4n) is 3.60. The summed E-state index contributed by atoms with van der Waals surface area (Å²) in [6.45, 7) is 2.86. The lowest BCUT2D eigenvalue weighted by Gasteiger charge is -2.37. The summed E-state index contributed by atoms with van der Waals surface area (Å²) in [7, 11) is 0. The number of hydrogen-bond donors (Lipinski definition) is 1. The number of piperazine rings is 1. The molecule has 2 heterocycles. The Morgan fingerprint density at radius 3 is 2.34 bits per heavy atom. The smallest absolute Gasteiger partial charge is 0.239 e. The van der Waals surface area contributed by atoms with Crippen LogP contribution in [0.15, 0.2) is 60.8 Å². The van der Waals surface area contributed by atoms with E-state index in [1.54, 1.807) is 6.20 Å². The predicted molar refractivity (Wildman–Crippen MR) is 121 cm³/mol. The quantitative estimate of drug-likeness (QED) is 0.684. The summed E-state index contributed by atoms with van der Waals surface area (Å²) in [5.41, 5.74) is 9.22. The number of rotatable bonds is 4. The molecular formula is C21H25Cl2N5O. The SMILES string of the molecule is Cl.Cl.N[C@H](Cc1ccccc1)C(=O)N1CCN(c2cnnc3ccccc23)CC1. The summed E-state index contributed by atoms with van der Waals surface area (Å²) >= 11 is 0. The number of nitrogens with zero attached hydrogens (tertiary/aromatic N) is 4. The van der Waals surface area contributed by atoms with Gasteiger partial charge in [-0.05, 0) is 18.1 Å². The maximum absolute atomic E-state index is 12.7. The molecule has 29 heavy (non-hydrogen) atoms. The van der Waals surface area contributed by atoms with Gasteiger partial charge in [-0.25, -0.2) is 0 Å². The second-order valence-corrected chi connectivity index (χ2v) is 6.86. The molecule has 0 aliphatic carbocycles. The van der Waals surface area contributed by atoms with E-state index in [1.807, 2.05) is 53.4 Å². The van der Waals surface area contributed by atoms with E-state index in [0.717, 1.165) is 35.2 Å². The van der Waals surface area contributed by atoms with E-state index in [9.17, 15) is 4.79 Å². The number of amides is 1. The zero-order chi connectivity index (χ0) is 18.6. The van der Waals surface area contributed by atoms with Crippen LogP contribution in [0.5, 0.6) is 0 Å². The molecule has 0 radical (unpaired) electrons. The molecule has 4 rings (SSSR count). The topological polar surface area (TPSA) is 75.4 Å². The Morgan fingerprint density at radius 2 is 1.62 bits per heavy atom. The number of carbonyl (C=O) groups is 1. The molecular weight excluding hydrogens is 409 g/mol. The second-order valence-electron chi connectivity index (χ2n) is 6.86. The average Bonchev–Trinajstić information content (AvgIpc) is 2.73. The predicted octanol–water partition coefficient (Wildman–Crippen LogP) is 2.69. The lowest BCUT2D eigenvalue weighted by Crippen LogP contribution is -2.53. The average molecular weight is 434 g/mol. The Morgan fingerprint density at radius 1 is 0.966 bits per heavy atom. The third-order valence-corrected chi connectivity index (χ3v) is 5.07. The van der Waals surface area contributed by atoms with Gasteiger partial charge in [0.2, 0.25) is 5.91 Å². The standard InChI is InChI=1S/C21H23N5O.2ClH/c22-18(14-16-6-2-1-3-7-16)21(27)26-12-10-25(11-13-26)20-15-23-24-19-9-5-4-8-17(19)20;;/h1-9,15,18H,10-14,22H2;2*1H/t18-;;/m1../s1. The molecule has 0 unspecified atom stereocenters. The molecule has 1 amide bonds. The molecule has 3 aromatic rings. The summed E-state index contributed by atoms with van der Waals surface area (Å²) in [5, 5.41) is 9.40. The van der Waals surface area contributed by atoms with Crippen LogP contribution < -0.4 is 10.6 Å². The van der Waals surface area contributed by atoms with Crippen molar-refractivity contribution in [2.24, 2.45) is 5.73 Å². The van der Waals surface area contributed by atoms with Crippen molar-refractivity contribution in [1.82, 2.24) is 15.1 Å². The Kier molecular flexibility index (Phi) is 8.20. The molecule has 1 aliphatic heterocycles. The first kappa shape index (κ1) is 22.9. The molecule has 1 saturated heterocycles. The highest BCUT2D eigenvalue weighted by molar-refractivity contribution is 5.91. The zero-order valence-electron chi connectivity index (χ0n) is 16.0. The Bertz CT molecular complexity index is 927. The number of carbonyl (C=O) groups excluding carboxylic acids is 1. The molecule has 1 aromatic heterocycles. The van der Waals surface area contributed by atoms with Crippen molar-refractivity contribution in [3.05, 3.63) is 66.4 Å². The Labute approximate surface area is 182 Å². The van der Waals surface area contributed by atoms with E-state index in [4.69, 9.17) is 5.73 Å². The minimum absolute atomic E-state index is 0. The van der Waals surface area contributed by atoms with Gasteiger partial charge < -0.3 is 15.5 Å². The molecule has 6 nitrogen and oxygen atoms in total. The highest BCUT2D eigenvalue weighted by Gasteiger charge is 2.26. The van der Waals surface area contributed by atoms with Crippen molar-refractivity contribution in [1.29, 1.82) is 0 Å². The van der Waals surface area contributed by atoms with Gasteiger partial charge in [0.25, 0.3) is 0 Å². The molecule has 0 bridgehead atoms. The van der Waals surface area contributed by atoms with Gasteiger partial charge in [-0.3, -0.25) is 4.79 Å². The normalized spacial score (nSPS) is 14.7. The zero-order valence-corrected chi connectivity index (χ0v) is 17.6. The van der Waals surface area contributed by atoms with Crippen molar-refractivity contribution in [2.45, 2.75) is 12.5 Å². The van der Waals surface area contributed by atoms with Crippen LogP contribution in [0.1, 0.15) is 5.56 Å². The van der Waals surface area contributed by atoms with E-state index in [-0.39, 0.29) is 30.7 Å². The van der Waals surface area contributed by atoms with Gasteiger partial charge in [0.05, 0.1) is 23.4 Å². The van der Waals surface area contributed by atoms with Gasteiger partial charge in [0.15, 0.2) is 0 Å². The van der Waals surface area contributed by atoms with E-state index < -0.39 is 6.04 Å². The van der Waals surface area contributed by atoms with Gasteiger partial charge in [-0.15, -0.1) is 24.8 Å². The van der Waals surface area contributed by atoms with E-state index in [0.29, 0.717) is 19.5 Å². The lowest BCUT2D eigenvalue weighted by molar-refractivity contribution is -0.132. The van der Waals surface area contributed by atoms with Crippen LogP contribution in [0.25, 0.3) is 10.9 Å². The van der Waals surface area contributed by atoms with Crippen LogP contribution >= 0.6 is 24.8 Å². The molecule has 2 N–H and O–H groups in total. The lowest BCUT2D eigenvalue weighted by atomic mass is 10.1. The number of nitrogens with two attached hydrogens (primary N) is 1. The third kappa shape index (κ3) is 5.15. The van der Waals surface area contributed by atoms with Crippen LogP contribution in [0.3, 0.4) is 0 Å². The molecule has 154 valence electrons. The fourth-order valence-corrected chi connectivity index (χ4v) is 3.60. The number of anilines is 1. The molecule has 1 fully saturated rings. The first-order chi connectivity index (χ1) is 13.2. The van der Waals surface area contributed by atoms with Gasteiger partial charge in [-0.1, -0.05) is 48.5 Å². The van der Waals surface area contributed by atoms with Gasteiger partial charge in [-0.2, -0.15) is 10.2 Å². The molecule has 1 aliphatic rings. The van der Waals surface area contributed by atoms with Crippen molar-refractivity contribution in [3.8, 4) is 0 Å². The largest absolute Gasteiger partial charge is 0.366 e. The number of hydrogen-bond acceptors (Lipinski definition) is 5. The van der Waals surface area contributed by atoms with E-state index in [2.05, 4.69) is 21.2 Å². The van der Waals surface area contributed by atoms with Crippen molar-refractivity contribution < 1.29 is 4.79 Å². The first-order valence-electron chi connectivity index (χ1n) is 9.26. The molecule has 8 heteroatoms. The summed E-state index contributed by atoms with van der Waals surface area (Å²) in [6, 6.07) is 17.4. The number of halogens is 2. The summed E-state index contributed by atoms with van der Waals surface area (Å²) in [5.74, 6) is 0.0243. The second kappa shape index (κ2) is 10.4. The van der Waals surface area contributed by atoms with Crippen LogP contribution in [0.2, 0.25) is 0 Å². The molecule has 0 spiro atoms. The Hall–Kier alpha value is -2.41. The Balaban J connectivity index is 0.00000150. The van der Waals surface area contributed by atoms with Gasteiger partial charge in [0.1, 0.15) is 0 Å². The minimum Gasteiger partial charge on any atom is -0.366 e. The van der Waals surface area contributed by atoms with Gasteiger partial charge >= 0.3 is 0 Å². The van der Waals surface area contributed by atoms with Crippen LogP contribution in [0.4, 0.5) is 5.69 Å². The summed E-state index contributed by atoms with van der Waals surface area (Å²) in [4.78, 5) is 16.9. The highest BCUT2D eigenvalue weighted by Crippen LogP contribution is 2.25. The van der Waals surface area contributed by atoms with Crippen LogP contribution in [-0.4, -0.2) is 53.2 Å². The number of benzene rings is 2. The number of fused-ring (bicyclic) bond motifs is 1. The van der Waals surface area contributed by atoms with Crippen molar-refractivity contribution in [2.75, 3.05) is 31.1 Å². The summed E-state index contributed by atoms with van der Waals surface area (Å²) < 4.78 is 0. The van der Waals surface area contributed by atoms with Crippen molar-refractivity contribution >= 4 is 47.3 Å². The first-order valence-corrected chi connectivity index (χ1v) is 9.26. The molecule has 2 aromatic carbocycles. The highest BCUT2D eigenvalue weighted by atomic mass is 35.5.